The molecule has 2 amide bonds. The number of thioether (sulfide) groups is 1. The highest BCUT2D eigenvalue weighted by Crippen LogP contribution is 2.28. The summed E-state index contributed by atoms with van der Waals surface area (Å²) in [5.74, 6) is -1.71. The molecule has 1 aliphatic rings. The third-order valence-corrected chi connectivity index (χ3v) is 5.84. The zero-order valence-corrected chi connectivity index (χ0v) is 16.5. The number of carbonyl (C=O) groups is 3. The number of anilines is 2. The second kappa shape index (κ2) is 9.11. The van der Waals surface area contributed by atoms with Crippen LogP contribution in [0.15, 0.2) is 28.6 Å². The summed E-state index contributed by atoms with van der Waals surface area (Å²) in [4.78, 5) is 37.5. The van der Waals surface area contributed by atoms with E-state index in [0.29, 0.717) is 21.8 Å². The van der Waals surface area contributed by atoms with Crippen molar-refractivity contribution in [2.24, 2.45) is 5.92 Å². The second-order valence-electron chi connectivity index (χ2n) is 5.84. The molecular weight excluding hydrogens is 407 g/mol. The number of nitrogens with zero attached hydrogens (tertiary/aromatic N) is 3. The molecule has 8 nitrogen and oxygen atoms in total. The molecule has 1 aromatic heterocycles. The lowest BCUT2D eigenvalue weighted by molar-refractivity contribution is -0.139. The van der Waals surface area contributed by atoms with Gasteiger partial charge in [-0.05, 0) is 31.2 Å². The SMILES string of the molecule is CCOC(=O)CSc1nnc(NC(=O)[C@@H]2CC(=O)N(c3ccc(F)cc3)C2)s1. The average Bonchev–Trinajstić information content (AvgIpc) is 3.27. The molecule has 148 valence electrons. The highest BCUT2D eigenvalue weighted by molar-refractivity contribution is 8.01. The molecule has 3 rings (SSSR count). The van der Waals surface area contributed by atoms with Gasteiger partial charge in [0.05, 0.1) is 18.3 Å². The molecule has 1 fully saturated rings. The minimum atomic E-state index is -0.544. The van der Waals surface area contributed by atoms with Crippen LogP contribution in [-0.4, -0.2) is 46.9 Å². The van der Waals surface area contributed by atoms with Gasteiger partial charge in [-0.1, -0.05) is 23.1 Å². The molecule has 1 saturated heterocycles. The maximum atomic E-state index is 13.1. The number of aromatic nitrogens is 2. The Morgan fingerprint density at radius 1 is 1.36 bits per heavy atom. The molecule has 0 spiro atoms. The summed E-state index contributed by atoms with van der Waals surface area (Å²) >= 11 is 2.31. The van der Waals surface area contributed by atoms with Gasteiger partial charge in [-0.3, -0.25) is 14.4 Å². The monoisotopic (exact) mass is 424 g/mol. The summed E-state index contributed by atoms with van der Waals surface area (Å²) in [7, 11) is 0. The first-order valence-corrected chi connectivity index (χ1v) is 10.2. The molecule has 0 unspecified atom stereocenters. The summed E-state index contributed by atoms with van der Waals surface area (Å²) in [6.07, 6.45) is 0.0620. The van der Waals surface area contributed by atoms with Crippen molar-refractivity contribution in [3.8, 4) is 0 Å². The van der Waals surface area contributed by atoms with Crippen LogP contribution in [0.3, 0.4) is 0 Å². The van der Waals surface area contributed by atoms with Crippen LogP contribution in [-0.2, 0) is 19.1 Å². The van der Waals surface area contributed by atoms with Gasteiger partial charge in [0.2, 0.25) is 16.9 Å². The van der Waals surface area contributed by atoms with E-state index in [1.165, 1.54) is 40.9 Å². The number of esters is 1. The average molecular weight is 424 g/mol. The molecule has 0 aliphatic carbocycles. The molecule has 28 heavy (non-hydrogen) atoms. The number of amides is 2. The second-order valence-corrected chi connectivity index (χ2v) is 8.04. The first-order chi connectivity index (χ1) is 13.5. The maximum Gasteiger partial charge on any atom is 0.316 e. The van der Waals surface area contributed by atoms with E-state index in [1.54, 1.807) is 6.92 Å². The molecule has 2 aromatic rings. The first-order valence-electron chi connectivity index (χ1n) is 8.45. The molecule has 1 atom stereocenters. The number of benzene rings is 1. The van der Waals surface area contributed by atoms with Crippen LogP contribution in [0.4, 0.5) is 15.2 Å². The summed E-state index contributed by atoms with van der Waals surface area (Å²) in [5, 5.41) is 10.7. The molecule has 1 aliphatic heterocycles. The van der Waals surface area contributed by atoms with Crippen molar-refractivity contribution in [1.82, 2.24) is 10.2 Å². The van der Waals surface area contributed by atoms with Crippen molar-refractivity contribution in [2.75, 3.05) is 29.1 Å². The summed E-state index contributed by atoms with van der Waals surface area (Å²) in [6, 6.07) is 5.55. The van der Waals surface area contributed by atoms with Gasteiger partial charge in [0.1, 0.15) is 5.82 Å². The fourth-order valence-corrected chi connectivity index (χ4v) is 4.16. The number of halogens is 1. The lowest BCUT2D eigenvalue weighted by Gasteiger charge is -2.16. The molecule has 0 saturated carbocycles. The molecular formula is C17H17FN4O4S2. The van der Waals surface area contributed by atoms with Crippen LogP contribution in [0.25, 0.3) is 0 Å². The van der Waals surface area contributed by atoms with E-state index in [0.717, 1.165) is 11.3 Å². The zero-order chi connectivity index (χ0) is 20.1. The number of hydrogen-bond donors (Lipinski definition) is 1. The van der Waals surface area contributed by atoms with E-state index in [2.05, 4.69) is 15.5 Å². The Bertz CT molecular complexity index is 874. The fourth-order valence-electron chi connectivity index (χ4n) is 2.60. The van der Waals surface area contributed by atoms with Gasteiger partial charge >= 0.3 is 5.97 Å². The Morgan fingerprint density at radius 3 is 2.82 bits per heavy atom. The lowest BCUT2D eigenvalue weighted by atomic mass is 10.1. The Balaban J connectivity index is 1.54. The lowest BCUT2D eigenvalue weighted by Crippen LogP contribution is -2.28. The van der Waals surface area contributed by atoms with Crippen molar-refractivity contribution >= 4 is 51.7 Å². The van der Waals surface area contributed by atoms with Gasteiger partial charge in [-0.2, -0.15) is 0 Å². The van der Waals surface area contributed by atoms with E-state index in [9.17, 15) is 18.8 Å². The number of rotatable bonds is 7. The van der Waals surface area contributed by atoms with Crippen LogP contribution >= 0.6 is 23.1 Å². The minimum Gasteiger partial charge on any atom is -0.465 e. The van der Waals surface area contributed by atoms with E-state index >= 15 is 0 Å². The molecule has 0 radical (unpaired) electrons. The van der Waals surface area contributed by atoms with E-state index < -0.39 is 11.7 Å². The summed E-state index contributed by atoms with van der Waals surface area (Å²) < 4.78 is 18.4. The van der Waals surface area contributed by atoms with Crippen molar-refractivity contribution in [3.05, 3.63) is 30.1 Å². The summed E-state index contributed by atoms with van der Waals surface area (Å²) in [6.45, 7) is 2.25. The van der Waals surface area contributed by atoms with Gasteiger partial charge in [-0.15, -0.1) is 10.2 Å². The van der Waals surface area contributed by atoms with Gasteiger partial charge < -0.3 is 15.0 Å². The number of carbonyl (C=O) groups excluding carboxylic acids is 3. The topological polar surface area (TPSA) is 101 Å². The third kappa shape index (κ3) is 5.04. The smallest absolute Gasteiger partial charge is 0.316 e. The number of nitrogens with one attached hydrogen (secondary N) is 1. The number of ether oxygens (including phenoxy) is 1. The summed E-state index contributed by atoms with van der Waals surface area (Å²) in [5.41, 5.74) is 0.551. The normalized spacial score (nSPS) is 16.3. The quantitative estimate of drug-likeness (QED) is 0.413. The number of hydrogen-bond acceptors (Lipinski definition) is 8. The first kappa shape index (κ1) is 20.2. The molecule has 0 bridgehead atoms. The Kier molecular flexibility index (Phi) is 6.57. The standard InChI is InChI=1S/C17H17FN4O4S2/c1-2-26-14(24)9-27-17-21-20-16(28-17)19-15(25)10-7-13(23)22(8-10)12-5-3-11(18)4-6-12/h3-6,10H,2,7-9H2,1H3,(H,19,20,25)/t10-/m1/s1. The van der Waals surface area contributed by atoms with Gasteiger partial charge in [0.15, 0.2) is 4.34 Å². The minimum absolute atomic E-state index is 0.0620. The van der Waals surface area contributed by atoms with Gasteiger partial charge in [0.25, 0.3) is 0 Å². The van der Waals surface area contributed by atoms with Crippen LogP contribution in [0.5, 0.6) is 0 Å². The van der Waals surface area contributed by atoms with Crippen molar-refractivity contribution in [3.63, 3.8) is 0 Å². The largest absolute Gasteiger partial charge is 0.465 e. The zero-order valence-electron chi connectivity index (χ0n) is 14.9. The maximum absolute atomic E-state index is 13.1. The van der Waals surface area contributed by atoms with E-state index in [4.69, 9.17) is 4.74 Å². The molecule has 2 heterocycles. The van der Waals surface area contributed by atoms with Crippen molar-refractivity contribution < 1.29 is 23.5 Å². The van der Waals surface area contributed by atoms with Gasteiger partial charge in [0, 0.05) is 18.7 Å². The van der Waals surface area contributed by atoms with Crippen LogP contribution in [0.1, 0.15) is 13.3 Å². The fraction of sp³-hybridized carbons (Fsp3) is 0.353. The Labute approximate surface area is 168 Å². The van der Waals surface area contributed by atoms with Crippen LogP contribution in [0, 0.1) is 11.7 Å². The van der Waals surface area contributed by atoms with E-state index in [1.807, 2.05) is 0 Å². The molecule has 1 N–H and O–H groups in total. The predicted molar refractivity (Wildman–Crippen MR) is 103 cm³/mol. The van der Waals surface area contributed by atoms with Crippen molar-refractivity contribution in [2.45, 2.75) is 17.7 Å². The Hall–Kier alpha value is -2.53. The molecule has 11 heteroatoms. The van der Waals surface area contributed by atoms with Crippen molar-refractivity contribution in [1.29, 1.82) is 0 Å². The third-order valence-electron chi connectivity index (χ3n) is 3.89. The van der Waals surface area contributed by atoms with Gasteiger partial charge in [-0.25, -0.2) is 4.39 Å². The highest BCUT2D eigenvalue weighted by Gasteiger charge is 2.35. The van der Waals surface area contributed by atoms with Crippen LogP contribution < -0.4 is 10.2 Å². The van der Waals surface area contributed by atoms with E-state index in [-0.39, 0.29) is 36.5 Å². The highest BCUT2D eigenvalue weighted by atomic mass is 32.2. The Morgan fingerprint density at radius 2 is 2.11 bits per heavy atom. The molecule has 1 aromatic carbocycles. The predicted octanol–water partition coefficient (Wildman–Crippen LogP) is 2.32. The van der Waals surface area contributed by atoms with Crippen LogP contribution in [0.2, 0.25) is 0 Å².